The number of primary amides is 1. The number of amides is 4. The third kappa shape index (κ3) is 13.4. The molecule has 0 bridgehead atoms. The highest BCUT2D eigenvalue weighted by Crippen LogP contribution is 2.06. The van der Waals surface area contributed by atoms with E-state index in [1.54, 1.807) is 0 Å². The Labute approximate surface area is 208 Å². The number of aliphatic imine (C=N–C) groups is 1. The largest absolute Gasteiger partial charge is 0.480 e. The molecule has 0 saturated carbocycles. The predicted octanol–water partition coefficient (Wildman–Crippen LogP) is -4.71. The molecule has 0 radical (unpaired) electrons. The van der Waals surface area contributed by atoms with Gasteiger partial charge in [-0.25, -0.2) is 4.79 Å². The van der Waals surface area contributed by atoms with Gasteiger partial charge in [-0.05, 0) is 45.6 Å². The number of nitrogens with zero attached hydrogens (tertiary/aromatic N) is 1. The molecule has 15 N–H and O–H groups in total. The quantitative estimate of drug-likeness (QED) is 0.0467. The number of nitrogens with one attached hydrogen (secondary N) is 3. The topological polar surface area (TPSA) is 304 Å². The lowest BCUT2D eigenvalue weighted by Crippen LogP contribution is -2.60. The molecule has 36 heavy (non-hydrogen) atoms. The summed E-state index contributed by atoms with van der Waals surface area (Å²) in [6.07, 6.45) is -0.527. The van der Waals surface area contributed by atoms with E-state index in [4.69, 9.17) is 28.7 Å². The first-order valence-electron chi connectivity index (χ1n) is 11.4. The van der Waals surface area contributed by atoms with Crippen molar-refractivity contribution in [2.24, 2.45) is 33.7 Å². The maximum atomic E-state index is 12.9. The molecule has 0 rings (SSSR count). The summed E-state index contributed by atoms with van der Waals surface area (Å²) in [6.45, 7) is 1.70. The minimum absolute atomic E-state index is 0.00512. The Morgan fingerprint density at radius 2 is 1.44 bits per heavy atom. The Morgan fingerprint density at radius 1 is 0.861 bits per heavy atom. The van der Waals surface area contributed by atoms with E-state index in [0.717, 1.165) is 0 Å². The van der Waals surface area contributed by atoms with Gasteiger partial charge in [0.2, 0.25) is 23.6 Å². The van der Waals surface area contributed by atoms with Gasteiger partial charge in [0.1, 0.15) is 18.1 Å². The fourth-order valence-corrected chi connectivity index (χ4v) is 3.03. The summed E-state index contributed by atoms with van der Waals surface area (Å²) in [4.78, 5) is 64.3. The van der Waals surface area contributed by atoms with Crippen molar-refractivity contribution in [2.45, 2.75) is 75.7 Å². The Bertz CT molecular complexity index is 787. The molecule has 16 nitrogen and oxygen atoms in total. The Hall–Kier alpha value is -3.50. The van der Waals surface area contributed by atoms with E-state index >= 15 is 0 Å². The van der Waals surface area contributed by atoms with Gasteiger partial charge in [0.15, 0.2) is 5.96 Å². The molecular formula is C20H39N9O7. The van der Waals surface area contributed by atoms with Gasteiger partial charge in [0.05, 0.1) is 18.6 Å². The van der Waals surface area contributed by atoms with Crippen LogP contribution in [0.2, 0.25) is 0 Å². The number of unbranched alkanes of at least 4 members (excludes halogenated alkanes) is 1. The zero-order valence-electron chi connectivity index (χ0n) is 20.3. The van der Waals surface area contributed by atoms with Gasteiger partial charge < -0.3 is 54.8 Å². The maximum absolute atomic E-state index is 12.9. The zero-order valence-corrected chi connectivity index (χ0v) is 20.3. The van der Waals surface area contributed by atoms with E-state index in [-0.39, 0.29) is 31.8 Å². The molecule has 0 aromatic carbocycles. The van der Waals surface area contributed by atoms with Gasteiger partial charge in [0.25, 0.3) is 0 Å². The molecule has 0 spiro atoms. The molecule has 0 heterocycles. The van der Waals surface area contributed by atoms with Crippen LogP contribution in [-0.2, 0) is 24.0 Å². The molecule has 0 aliphatic heterocycles. The van der Waals surface area contributed by atoms with Crippen molar-refractivity contribution in [3.8, 4) is 0 Å². The maximum Gasteiger partial charge on any atom is 0.326 e. The van der Waals surface area contributed by atoms with Crippen molar-refractivity contribution in [1.82, 2.24) is 16.0 Å². The highest BCUT2D eigenvalue weighted by molar-refractivity contribution is 5.95. The van der Waals surface area contributed by atoms with Crippen LogP contribution in [0.3, 0.4) is 0 Å². The first kappa shape index (κ1) is 32.5. The summed E-state index contributed by atoms with van der Waals surface area (Å²) in [5.74, 6) is -4.93. The summed E-state index contributed by atoms with van der Waals surface area (Å²) in [7, 11) is 0. The number of hydrogen-bond acceptors (Lipinski definition) is 9. The average Bonchev–Trinajstić information content (AvgIpc) is 2.77. The SMILES string of the molecule is CC(O)C(NC(=O)C(N)CC(N)=O)C(=O)NC(CCCN=C(N)N)C(=O)NC(CCCCN)C(=O)O. The normalized spacial score (nSPS) is 14.9. The molecule has 5 unspecified atom stereocenters. The van der Waals surface area contributed by atoms with E-state index in [9.17, 15) is 34.2 Å². The van der Waals surface area contributed by atoms with Crippen molar-refractivity contribution < 1.29 is 34.2 Å². The second kappa shape index (κ2) is 17.0. The average molecular weight is 518 g/mol. The summed E-state index contributed by atoms with van der Waals surface area (Å²) >= 11 is 0. The molecule has 0 aromatic rings. The van der Waals surface area contributed by atoms with Crippen LogP contribution in [0, 0.1) is 0 Å². The van der Waals surface area contributed by atoms with Gasteiger partial charge in [0, 0.05) is 6.54 Å². The summed E-state index contributed by atoms with van der Waals surface area (Å²) < 4.78 is 0. The molecule has 0 aromatic heterocycles. The van der Waals surface area contributed by atoms with Crippen LogP contribution in [0.15, 0.2) is 4.99 Å². The van der Waals surface area contributed by atoms with Crippen LogP contribution in [0.1, 0.15) is 45.4 Å². The van der Waals surface area contributed by atoms with Crippen LogP contribution in [-0.4, -0.2) is 89.1 Å². The number of hydrogen-bond donors (Lipinski definition) is 10. The van der Waals surface area contributed by atoms with Gasteiger partial charge >= 0.3 is 5.97 Å². The molecule has 0 fully saturated rings. The van der Waals surface area contributed by atoms with Crippen molar-refractivity contribution in [3.63, 3.8) is 0 Å². The van der Waals surface area contributed by atoms with Crippen molar-refractivity contribution in [3.05, 3.63) is 0 Å². The highest BCUT2D eigenvalue weighted by Gasteiger charge is 2.32. The number of rotatable bonds is 18. The van der Waals surface area contributed by atoms with Crippen molar-refractivity contribution in [2.75, 3.05) is 13.1 Å². The molecule has 0 aliphatic carbocycles. The van der Waals surface area contributed by atoms with E-state index in [2.05, 4.69) is 20.9 Å². The minimum atomic E-state index is -1.54. The zero-order chi connectivity index (χ0) is 27.8. The highest BCUT2D eigenvalue weighted by atomic mass is 16.4. The number of nitrogens with two attached hydrogens (primary N) is 5. The number of carboxylic acids is 1. The molecule has 16 heteroatoms. The van der Waals surface area contributed by atoms with Gasteiger partial charge in [-0.3, -0.25) is 24.2 Å². The van der Waals surface area contributed by atoms with Crippen LogP contribution >= 0.6 is 0 Å². The molecular weight excluding hydrogens is 478 g/mol. The third-order valence-electron chi connectivity index (χ3n) is 4.96. The summed E-state index contributed by atoms with van der Waals surface area (Å²) in [5.41, 5.74) is 26.6. The number of aliphatic hydroxyl groups is 1. The second-order valence-electron chi connectivity index (χ2n) is 8.20. The molecule has 4 amide bonds. The standard InChI is InChI=1S/C20H39N9O7/c1-10(30)15(29-16(32)11(22)9-14(23)31)18(34)27-12(6-4-8-26-20(24)25)17(33)28-13(19(35)36)5-2-3-7-21/h10-13,15,30H,2-9,21-22H2,1H3,(H2,23,31)(H,27,34)(H,28,33)(H,29,32)(H,35,36)(H4,24,25,26). The first-order valence-corrected chi connectivity index (χ1v) is 11.4. The lowest BCUT2D eigenvalue weighted by molar-refractivity contribution is -0.142. The second-order valence-corrected chi connectivity index (χ2v) is 8.20. The van der Waals surface area contributed by atoms with Crippen LogP contribution in [0.25, 0.3) is 0 Å². The summed E-state index contributed by atoms with van der Waals surface area (Å²) in [5, 5.41) is 26.4. The van der Waals surface area contributed by atoms with Crippen molar-refractivity contribution in [1.29, 1.82) is 0 Å². The monoisotopic (exact) mass is 517 g/mol. The number of carbonyl (C=O) groups is 5. The van der Waals surface area contributed by atoms with Gasteiger partial charge in [-0.2, -0.15) is 0 Å². The number of aliphatic hydroxyl groups excluding tert-OH is 1. The van der Waals surface area contributed by atoms with E-state index in [1.807, 2.05) is 0 Å². The van der Waals surface area contributed by atoms with E-state index < -0.39 is 66.3 Å². The Kier molecular flexibility index (Phi) is 15.4. The molecule has 0 saturated heterocycles. The molecule has 5 atom stereocenters. The molecule has 206 valence electrons. The number of guanidine groups is 1. The molecule has 0 aliphatic rings. The number of carboxylic acid groups (broad SMARTS) is 1. The lowest BCUT2D eigenvalue weighted by Gasteiger charge is -2.26. The smallest absolute Gasteiger partial charge is 0.326 e. The number of carbonyl (C=O) groups excluding carboxylic acids is 4. The fourth-order valence-electron chi connectivity index (χ4n) is 3.03. The van der Waals surface area contributed by atoms with Crippen LogP contribution in [0.5, 0.6) is 0 Å². The Balaban J connectivity index is 5.54. The van der Waals surface area contributed by atoms with Gasteiger partial charge in [-0.1, -0.05) is 0 Å². The predicted molar refractivity (Wildman–Crippen MR) is 130 cm³/mol. The minimum Gasteiger partial charge on any atom is -0.480 e. The Morgan fingerprint density at radius 3 is 1.94 bits per heavy atom. The van der Waals surface area contributed by atoms with Crippen LogP contribution in [0.4, 0.5) is 0 Å². The fraction of sp³-hybridized carbons (Fsp3) is 0.700. The van der Waals surface area contributed by atoms with E-state index in [1.165, 1.54) is 6.92 Å². The van der Waals surface area contributed by atoms with Crippen molar-refractivity contribution >= 4 is 35.6 Å². The number of aliphatic carboxylic acids is 1. The lowest BCUT2D eigenvalue weighted by atomic mass is 10.1. The van der Waals surface area contributed by atoms with E-state index in [0.29, 0.717) is 19.4 Å². The van der Waals surface area contributed by atoms with Crippen LogP contribution < -0.4 is 44.6 Å². The van der Waals surface area contributed by atoms with Gasteiger partial charge in [-0.15, -0.1) is 0 Å². The third-order valence-corrected chi connectivity index (χ3v) is 4.96. The summed E-state index contributed by atoms with van der Waals surface area (Å²) in [6, 6.07) is -5.37. The first-order chi connectivity index (χ1) is 16.8.